The monoisotopic (exact) mass is 257 g/mol. The van der Waals surface area contributed by atoms with Gasteiger partial charge in [0.25, 0.3) is 0 Å². The minimum Gasteiger partial charge on any atom is -0.306 e. The van der Waals surface area contributed by atoms with Crippen molar-refractivity contribution in [3.05, 3.63) is 70.5 Å². The van der Waals surface area contributed by atoms with E-state index in [0.717, 1.165) is 5.56 Å². The second-order valence-corrected chi connectivity index (χ2v) is 5.10. The Morgan fingerprint density at radius 1 is 1.11 bits per heavy atom. The van der Waals surface area contributed by atoms with Crippen molar-refractivity contribution in [2.75, 3.05) is 0 Å². The number of halogens is 1. The maximum Gasteiger partial charge on any atom is 0.126 e. The molecule has 0 aromatic heterocycles. The molecule has 2 rings (SSSR count). The fourth-order valence-corrected chi connectivity index (χ4v) is 2.07. The summed E-state index contributed by atoms with van der Waals surface area (Å²) in [5, 5.41) is 3.42. The van der Waals surface area contributed by atoms with Crippen LogP contribution in [0.3, 0.4) is 0 Å². The van der Waals surface area contributed by atoms with Crippen molar-refractivity contribution in [1.29, 1.82) is 0 Å². The molecule has 1 N–H and O–H groups in total. The van der Waals surface area contributed by atoms with Crippen molar-refractivity contribution in [3.63, 3.8) is 0 Å². The van der Waals surface area contributed by atoms with Crippen LogP contribution in [0.25, 0.3) is 0 Å². The fraction of sp³-hybridized carbons (Fsp3) is 0.294. The first-order valence-electron chi connectivity index (χ1n) is 6.61. The van der Waals surface area contributed by atoms with Crippen molar-refractivity contribution in [1.82, 2.24) is 5.32 Å². The van der Waals surface area contributed by atoms with E-state index < -0.39 is 0 Å². The average molecular weight is 257 g/mol. The SMILES string of the molecule is Cc1cccc([C@H](C)NCc2ccc(C)c(F)c2)c1. The molecule has 0 unspecified atom stereocenters. The number of benzene rings is 2. The van der Waals surface area contributed by atoms with Gasteiger partial charge < -0.3 is 5.32 Å². The van der Waals surface area contributed by atoms with Crippen LogP contribution in [0.4, 0.5) is 4.39 Å². The van der Waals surface area contributed by atoms with Gasteiger partial charge in [0.05, 0.1) is 0 Å². The van der Waals surface area contributed by atoms with Crippen LogP contribution in [-0.4, -0.2) is 0 Å². The Bertz CT molecular complexity index is 563. The minimum atomic E-state index is -0.137. The molecule has 0 aliphatic rings. The van der Waals surface area contributed by atoms with Crippen LogP contribution < -0.4 is 5.32 Å². The van der Waals surface area contributed by atoms with E-state index in [1.807, 2.05) is 12.1 Å². The molecular weight excluding hydrogens is 237 g/mol. The van der Waals surface area contributed by atoms with Crippen molar-refractivity contribution in [3.8, 4) is 0 Å². The van der Waals surface area contributed by atoms with E-state index >= 15 is 0 Å². The van der Waals surface area contributed by atoms with Crippen LogP contribution in [0.1, 0.15) is 35.2 Å². The standard InChI is InChI=1S/C17H20FN/c1-12-5-4-6-16(9-12)14(3)19-11-15-8-7-13(2)17(18)10-15/h4-10,14,19H,11H2,1-3H3/t14-/m0/s1. The third-order valence-corrected chi connectivity index (χ3v) is 3.39. The van der Waals surface area contributed by atoms with E-state index in [2.05, 4.69) is 43.4 Å². The van der Waals surface area contributed by atoms with E-state index in [1.54, 1.807) is 13.0 Å². The Morgan fingerprint density at radius 2 is 1.89 bits per heavy atom. The van der Waals surface area contributed by atoms with Gasteiger partial charge >= 0.3 is 0 Å². The van der Waals surface area contributed by atoms with E-state index in [9.17, 15) is 4.39 Å². The number of hydrogen-bond acceptors (Lipinski definition) is 1. The normalized spacial score (nSPS) is 12.4. The second kappa shape index (κ2) is 5.98. The molecule has 19 heavy (non-hydrogen) atoms. The van der Waals surface area contributed by atoms with Crippen molar-refractivity contribution < 1.29 is 4.39 Å². The average Bonchev–Trinajstić information content (AvgIpc) is 2.40. The van der Waals surface area contributed by atoms with E-state index in [4.69, 9.17) is 0 Å². The second-order valence-electron chi connectivity index (χ2n) is 5.10. The van der Waals surface area contributed by atoms with Gasteiger partial charge in [-0.1, -0.05) is 42.0 Å². The lowest BCUT2D eigenvalue weighted by molar-refractivity contribution is 0.568. The van der Waals surface area contributed by atoms with Crippen LogP contribution in [0.2, 0.25) is 0 Å². The molecule has 0 bridgehead atoms. The molecule has 0 aliphatic heterocycles. The van der Waals surface area contributed by atoms with Crippen molar-refractivity contribution >= 4 is 0 Å². The Labute approximate surface area is 114 Å². The fourth-order valence-electron chi connectivity index (χ4n) is 2.07. The molecule has 0 amide bonds. The van der Waals surface area contributed by atoms with Gasteiger partial charge in [0.15, 0.2) is 0 Å². The Morgan fingerprint density at radius 3 is 2.58 bits per heavy atom. The number of nitrogens with one attached hydrogen (secondary N) is 1. The Hall–Kier alpha value is -1.67. The highest BCUT2D eigenvalue weighted by atomic mass is 19.1. The highest BCUT2D eigenvalue weighted by Crippen LogP contribution is 2.15. The van der Waals surface area contributed by atoms with Gasteiger partial charge in [-0.25, -0.2) is 4.39 Å². The number of hydrogen-bond donors (Lipinski definition) is 1. The summed E-state index contributed by atoms with van der Waals surface area (Å²) in [6.07, 6.45) is 0. The molecule has 2 aromatic carbocycles. The molecule has 2 aromatic rings. The maximum absolute atomic E-state index is 13.5. The lowest BCUT2D eigenvalue weighted by Gasteiger charge is -2.15. The summed E-state index contributed by atoms with van der Waals surface area (Å²) in [4.78, 5) is 0. The largest absolute Gasteiger partial charge is 0.306 e. The van der Waals surface area contributed by atoms with Crippen molar-refractivity contribution in [2.24, 2.45) is 0 Å². The van der Waals surface area contributed by atoms with E-state index in [-0.39, 0.29) is 11.9 Å². The van der Waals surface area contributed by atoms with Gasteiger partial charge in [-0.15, -0.1) is 0 Å². The summed E-state index contributed by atoms with van der Waals surface area (Å²) >= 11 is 0. The highest BCUT2D eigenvalue weighted by molar-refractivity contribution is 5.26. The summed E-state index contributed by atoms with van der Waals surface area (Å²) in [5.41, 5.74) is 4.18. The van der Waals surface area contributed by atoms with Crippen LogP contribution in [-0.2, 0) is 6.54 Å². The molecule has 0 spiro atoms. The van der Waals surface area contributed by atoms with Crippen LogP contribution in [0, 0.1) is 19.7 Å². The molecule has 1 nitrogen and oxygen atoms in total. The molecule has 0 radical (unpaired) electrons. The van der Waals surface area contributed by atoms with Gasteiger partial charge in [-0.05, 0) is 43.5 Å². The molecule has 0 heterocycles. The first kappa shape index (κ1) is 13.8. The maximum atomic E-state index is 13.5. The predicted molar refractivity (Wildman–Crippen MR) is 77.6 cm³/mol. The first-order chi connectivity index (χ1) is 9.06. The van der Waals surface area contributed by atoms with Crippen LogP contribution in [0.15, 0.2) is 42.5 Å². The Kier molecular flexibility index (Phi) is 4.33. The zero-order valence-electron chi connectivity index (χ0n) is 11.7. The molecule has 0 aliphatic carbocycles. The van der Waals surface area contributed by atoms with Gasteiger partial charge in [-0.3, -0.25) is 0 Å². The van der Waals surface area contributed by atoms with Crippen molar-refractivity contribution in [2.45, 2.75) is 33.4 Å². The molecule has 2 heteroatoms. The molecule has 1 atom stereocenters. The first-order valence-corrected chi connectivity index (χ1v) is 6.61. The smallest absolute Gasteiger partial charge is 0.126 e. The van der Waals surface area contributed by atoms with E-state index in [0.29, 0.717) is 12.1 Å². The van der Waals surface area contributed by atoms with Crippen LogP contribution in [0.5, 0.6) is 0 Å². The quantitative estimate of drug-likeness (QED) is 0.861. The van der Waals surface area contributed by atoms with Gasteiger partial charge in [0, 0.05) is 12.6 Å². The predicted octanol–water partition coefficient (Wildman–Crippen LogP) is 4.29. The lowest BCUT2D eigenvalue weighted by Crippen LogP contribution is -2.18. The van der Waals surface area contributed by atoms with Crippen LogP contribution >= 0.6 is 0 Å². The summed E-state index contributed by atoms with van der Waals surface area (Å²) in [6.45, 7) is 6.67. The topological polar surface area (TPSA) is 12.0 Å². The summed E-state index contributed by atoms with van der Waals surface area (Å²) in [6, 6.07) is 14.1. The molecule has 0 saturated carbocycles. The number of rotatable bonds is 4. The zero-order valence-corrected chi connectivity index (χ0v) is 11.7. The summed E-state index contributed by atoms with van der Waals surface area (Å²) in [7, 11) is 0. The van der Waals surface area contributed by atoms with Gasteiger partial charge in [0.1, 0.15) is 5.82 Å². The molecule has 0 fully saturated rings. The molecule has 0 saturated heterocycles. The third-order valence-electron chi connectivity index (χ3n) is 3.39. The summed E-state index contributed by atoms with van der Waals surface area (Å²) in [5.74, 6) is -0.137. The summed E-state index contributed by atoms with van der Waals surface area (Å²) < 4.78 is 13.5. The lowest BCUT2D eigenvalue weighted by atomic mass is 10.1. The van der Waals surface area contributed by atoms with Gasteiger partial charge in [-0.2, -0.15) is 0 Å². The minimum absolute atomic E-state index is 0.137. The van der Waals surface area contributed by atoms with E-state index in [1.165, 1.54) is 11.1 Å². The third kappa shape index (κ3) is 3.65. The highest BCUT2D eigenvalue weighted by Gasteiger charge is 2.05. The Balaban J connectivity index is 2.00. The zero-order chi connectivity index (χ0) is 13.8. The number of aryl methyl sites for hydroxylation is 2. The van der Waals surface area contributed by atoms with Gasteiger partial charge in [0.2, 0.25) is 0 Å². The molecule has 100 valence electrons. The molecular formula is C17H20FN.